The second-order valence-corrected chi connectivity index (χ2v) is 2.53. The molecule has 6 nitrogen and oxygen atoms in total. The number of hydrogen-bond acceptors (Lipinski definition) is 4. The van der Waals surface area contributed by atoms with Crippen molar-refractivity contribution < 1.29 is 14.7 Å². The molecule has 0 aromatic carbocycles. The largest absolute Gasteiger partial charge is 0.366 e. The number of likely N-dealkylation sites (N-methyl/N-ethyl adjacent to an activating group) is 1. The Bertz CT molecular complexity index is 248. The van der Waals surface area contributed by atoms with Crippen molar-refractivity contribution in [3.63, 3.8) is 0 Å². The fraction of sp³-hybridized carbons (Fsp3) is 0.500. The molecule has 3 amide bonds. The molecular formula is C6H9N3O3. The van der Waals surface area contributed by atoms with Crippen LogP contribution in [0, 0.1) is 0 Å². The van der Waals surface area contributed by atoms with Crippen LogP contribution in [-0.2, 0) is 4.79 Å². The quantitative estimate of drug-likeness (QED) is 0.506. The van der Waals surface area contributed by atoms with E-state index in [-0.39, 0.29) is 12.2 Å². The molecule has 1 N–H and O–H groups in total. The van der Waals surface area contributed by atoms with Gasteiger partial charge in [0.1, 0.15) is 0 Å². The first-order valence-corrected chi connectivity index (χ1v) is 3.29. The Morgan fingerprint density at radius 3 is 2.50 bits per heavy atom. The lowest BCUT2D eigenvalue weighted by molar-refractivity contribution is -0.119. The zero-order valence-corrected chi connectivity index (χ0v) is 6.76. The molecule has 0 saturated heterocycles. The third-order valence-corrected chi connectivity index (χ3v) is 1.50. The maximum Gasteiger partial charge on any atom is 0.354 e. The van der Waals surface area contributed by atoms with Gasteiger partial charge in [0, 0.05) is 14.1 Å². The normalized spacial score (nSPS) is 22.6. The van der Waals surface area contributed by atoms with E-state index in [4.69, 9.17) is 0 Å². The second kappa shape index (κ2) is 2.90. The van der Waals surface area contributed by atoms with Gasteiger partial charge in [0.2, 0.25) is 6.41 Å². The van der Waals surface area contributed by atoms with Crippen LogP contribution in [0.15, 0.2) is 4.99 Å². The molecule has 1 rings (SSSR count). The van der Waals surface area contributed by atoms with Crippen LogP contribution in [0.3, 0.4) is 0 Å². The fourth-order valence-electron chi connectivity index (χ4n) is 0.876. The van der Waals surface area contributed by atoms with Gasteiger partial charge in [-0.2, -0.15) is 4.99 Å². The van der Waals surface area contributed by atoms with E-state index in [1.165, 1.54) is 4.90 Å². The van der Waals surface area contributed by atoms with Gasteiger partial charge < -0.3 is 10.0 Å². The van der Waals surface area contributed by atoms with Crippen molar-refractivity contribution in [1.82, 2.24) is 9.80 Å². The average molecular weight is 171 g/mol. The molecule has 0 aliphatic carbocycles. The van der Waals surface area contributed by atoms with Gasteiger partial charge in [0.15, 0.2) is 12.1 Å². The van der Waals surface area contributed by atoms with E-state index in [2.05, 4.69) is 4.99 Å². The fourth-order valence-corrected chi connectivity index (χ4v) is 0.876. The molecule has 0 bridgehead atoms. The number of imide groups is 1. The van der Waals surface area contributed by atoms with E-state index in [9.17, 15) is 14.7 Å². The van der Waals surface area contributed by atoms with E-state index in [0.29, 0.717) is 4.90 Å². The third-order valence-electron chi connectivity index (χ3n) is 1.50. The van der Waals surface area contributed by atoms with E-state index >= 15 is 0 Å². The molecule has 0 aromatic rings. The molecule has 66 valence electrons. The highest BCUT2D eigenvalue weighted by Gasteiger charge is 2.33. The molecule has 0 spiro atoms. The summed E-state index contributed by atoms with van der Waals surface area (Å²) in [6.07, 6.45) is -0.988. The van der Waals surface area contributed by atoms with Crippen LogP contribution in [0.4, 0.5) is 4.79 Å². The van der Waals surface area contributed by atoms with Crippen LogP contribution in [-0.4, -0.2) is 53.5 Å². The molecular weight excluding hydrogens is 162 g/mol. The third kappa shape index (κ3) is 1.16. The Kier molecular flexibility index (Phi) is 2.09. The zero-order chi connectivity index (χ0) is 9.30. The number of aliphatic hydroxyl groups excluding tert-OH is 1. The Balaban J connectivity index is 2.88. The van der Waals surface area contributed by atoms with Crippen LogP contribution in [0.25, 0.3) is 0 Å². The summed E-state index contributed by atoms with van der Waals surface area (Å²) in [7, 11) is 3.26. The smallest absolute Gasteiger partial charge is 0.354 e. The lowest BCUT2D eigenvalue weighted by Crippen LogP contribution is -2.41. The van der Waals surface area contributed by atoms with Crippen LogP contribution in [0.5, 0.6) is 0 Å². The molecule has 6 heteroatoms. The number of hydrogen-bond donors (Lipinski definition) is 1. The Morgan fingerprint density at radius 2 is 2.25 bits per heavy atom. The highest BCUT2D eigenvalue weighted by molar-refractivity contribution is 6.06. The van der Waals surface area contributed by atoms with Crippen molar-refractivity contribution in [2.75, 3.05) is 14.1 Å². The van der Waals surface area contributed by atoms with Crippen LogP contribution >= 0.6 is 0 Å². The zero-order valence-electron chi connectivity index (χ0n) is 6.76. The Hall–Kier alpha value is -1.43. The molecule has 1 atom stereocenters. The van der Waals surface area contributed by atoms with Crippen LogP contribution < -0.4 is 0 Å². The first-order valence-electron chi connectivity index (χ1n) is 3.29. The van der Waals surface area contributed by atoms with Gasteiger partial charge in [0.05, 0.1) is 0 Å². The second-order valence-electron chi connectivity index (χ2n) is 2.53. The molecule has 0 radical (unpaired) electrons. The van der Waals surface area contributed by atoms with E-state index in [0.717, 1.165) is 0 Å². The number of aliphatic hydroxyl groups is 1. The summed E-state index contributed by atoms with van der Waals surface area (Å²) < 4.78 is 0. The number of urea groups is 1. The Morgan fingerprint density at radius 1 is 1.67 bits per heavy atom. The summed E-state index contributed by atoms with van der Waals surface area (Å²) in [4.78, 5) is 26.7. The molecule has 12 heavy (non-hydrogen) atoms. The topological polar surface area (TPSA) is 73.2 Å². The van der Waals surface area contributed by atoms with Gasteiger partial charge in [-0.05, 0) is 0 Å². The predicted molar refractivity (Wildman–Crippen MR) is 40.4 cm³/mol. The van der Waals surface area contributed by atoms with Gasteiger partial charge in [-0.25, -0.2) is 9.69 Å². The summed E-state index contributed by atoms with van der Waals surface area (Å²) in [6.45, 7) is 0. The highest BCUT2D eigenvalue weighted by Crippen LogP contribution is 2.09. The summed E-state index contributed by atoms with van der Waals surface area (Å²) in [5.74, 6) is 0.173. The van der Waals surface area contributed by atoms with Gasteiger partial charge in [-0.1, -0.05) is 0 Å². The minimum Gasteiger partial charge on any atom is -0.366 e. The maximum absolute atomic E-state index is 10.9. The number of amides is 3. The molecule has 0 fully saturated rings. The number of carbonyl (C=O) groups is 2. The minimum absolute atomic E-state index is 0.173. The van der Waals surface area contributed by atoms with Crippen molar-refractivity contribution in [3.8, 4) is 0 Å². The minimum atomic E-state index is -1.25. The number of nitrogens with zero attached hydrogens (tertiary/aromatic N) is 3. The van der Waals surface area contributed by atoms with Crippen molar-refractivity contribution in [2.45, 2.75) is 6.23 Å². The summed E-state index contributed by atoms with van der Waals surface area (Å²) in [5, 5.41) is 9.29. The number of rotatable bonds is 1. The van der Waals surface area contributed by atoms with Crippen LogP contribution in [0.1, 0.15) is 0 Å². The monoisotopic (exact) mass is 171 g/mol. The first kappa shape index (κ1) is 8.66. The van der Waals surface area contributed by atoms with Crippen molar-refractivity contribution >= 4 is 18.3 Å². The average Bonchev–Trinajstić information content (AvgIpc) is 2.27. The van der Waals surface area contributed by atoms with E-state index in [1.54, 1.807) is 14.1 Å². The maximum atomic E-state index is 10.9. The molecule has 1 aliphatic rings. The molecule has 0 saturated carbocycles. The predicted octanol–water partition coefficient (Wildman–Crippen LogP) is -1.14. The lowest BCUT2D eigenvalue weighted by Gasteiger charge is -2.17. The summed E-state index contributed by atoms with van der Waals surface area (Å²) >= 11 is 0. The number of aliphatic imine (C=N–C) groups is 1. The number of carbonyl (C=O) groups excluding carboxylic acids is 2. The van der Waals surface area contributed by atoms with E-state index in [1.807, 2.05) is 0 Å². The molecule has 1 aliphatic heterocycles. The lowest BCUT2D eigenvalue weighted by atomic mass is 10.4. The van der Waals surface area contributed by atoms with Gasteiger partial charge in [-0.15, -0.1) is 0 Å². The van der Waals surface area contributed by atoms with Gasteiger partial charge >= 0.3 is 6.03 Å². The van der Waals surface area contributed by atoms with Crippen molar-refractivity contribution in [1.29, 1.82) is 0 Å². The SMILES string of the molecule is CN(C)C1=NC(=O)N(C=O)C1O. The summed E-state index contributed by atoms with van der Waals surface area (Å²) in [5.41, 5.74) is 0. The molecule has 1 heterocycles. The molecule has 0 aromatic heterocycles. The van der Waals surface area contributed by atoms with Crippen molar-refractivity contribution in [3.05, 3.63) is 0 Å². The Labute approximate surface area is 69.1 Å². The summed E-state index contributed by atoms with van der Waals surface area (Å²) in [6, 6.07) is -0.735. The highest BCUT2D eigenvalue weighted by atomic mass is 16.3. The van der Waals surface area contributed by atoms with Crippen molar-refractivity contribution in [2.24, 2.45) is 4.99 Å². The van der Waals surface area contributed by atoms with Gasteiger partial charge in [0.25, 0.3) is 0 Å². The number of amidine groups is 1. The molecule has 1 unspecified atom stereocenters. The van der Waals surface area contributed by atoms with E-state index < -0.39 is 12.3 Å². The van der Waals surface area contributed by atoms with Gasteiger partial charge in [-0.3, -0.25) is 4.79 Å². The standard InChI is InChI=1S/C6H9N3O3/c1-8(2)4-5(11)9(3-10)6(12)7-4/h3,5,11H,1-2H3. The first-order chi connectivity index (χ1) is 5.57. The van der Waals surface area contributed by atoms with Crippen LogP contribution in [0.2, 0.25) is 0 Å².